The highest BCUT2D eigenvalue weighted by Gasteiger charge is 2.23. The number of sulfonamides is 1. The molecule has 1 aliphatic heterocycles. The zero-order chi connectivity index (χ0) is 20.0. The van der Waals surface area contributed by atoms with Crippen LogP contribution in [0.1, 0.15) is 19.8 Å². The number of esters is 1. The first-order valence-corrected chi connectivity index (χ1v) is 10.4. The maximum absolute atomic E-state index is 12.0. The molecule has 1 saturated heterocycles. The number of halogens is 1. The van der Waals surface area contributed by atoms with Gasteiger partial charge in [0, 0.05) is 25.9 Å². The molecule has 0 radical (unpaired) electrons. The Morgan fingerprint density at radius 3 is 2.56 bits per heavy atom. The average Bonchev–Trinajstić information content (AvgIpc) is 2.57. The number of nitrogens with one attached hydrogen (secondary N) is 1. The van der Waals surface area contributed by atoms with Gasteiger partial charge in [-0.3, -0.25) is 9.52 Å². The summed E-state index contributed by atoms with van der Waals surface area (Å²) in [5, 5.41) is 0.226. The smallest absolute Gasteiger partial charge is 0.323 e. The summed E-state index contributed by atoms with van der Waals surface area (Å²) in [5.41, 5.74) is 5.45. The minimum Gasteiger partial charge on any atom is -0.489 e. The molecule has 9 nitrogen and oxygen atoms in total. The Kier molecular flexibility index (Phi) is 7.14. The maximum atomic E-state index is 12.0. The van der Waals surface area contributed by atoms with Gasteiger partial charge in [0.25, 0.3) is 0 Å². The van der Waals surface area contributed by atoms with E-state index < -0.39 is 27.8 Å². The van der Waals surface area contributed by atoms with Crippen LogP contribution in [0.25, 0.3) is 0 Å². The number of likely N-dealkylation sites (tertiary alicyclic amines) is 1. The van der Waals surface area contributed by atoms with Gasteiger partial charge in [-0.1, -0.05) is 11.6 Å². The van der Waals surface area contributed by atoms with E-state index in [9.17, 15) is 18.0 Å². The number of rotatable bonds is 7. The number of ether oxygens (including phenoxy) is 2. The molecule has 27 heavy (non-hydrogen) atoms. The Bertz CT molecular complexity index is 793. The number of hydrogen-bond donors (Lipinski definition) is 2. The number of primary amides is 1. The molecule has 0 aromatic heterocycles. The monoisotopic (exact) mass is 419 g/mol. The molecule has 1 fully saturated rings. The normalized spacial score (nSPS) is 15.3. The lowest BCUT2D eigenvalue weighted by atomic mass is 10.1. The lowest BCUT2D eigenvalue weighted by Gasteiger charge is -2.31. The summed E-state index contributed by atoms with van der Waals surface area (Å²) >= 11 is 6.18. The van der Waals surface area contributed by atoms with Gasteiger partial charge in [0.05, 0.1) is 17.3 Å². The molecule has 2 rings (SSSR count). The second-order valence-electron chi connectivity index (χ2n) is 5.95. The van der Waals surface area contributed by atoms with E-state index >= 15 is 0 Å². The van der Waals surface area contributed by atoms with Crippen LogP contribution in [-0.2, 0) is 19.6 Å². The van der Waals surface area contributed by atoms with Crippen molar-refractivity contribution in [2.75, 3.05) is 30.2 Å². The third-order valence-electron chi connectivity index (χ3n) is 3.87. The van der Waals surface area contributed by atoms with Crippen molar-refractivity contribution in [3.05, 3.63) is 23.2 Å². The number of carbonyl (C=O) groups excluding carboxylic acids is 2. The average molecular weight is 420 g/mol. The largest absolute Gasteiger partial charge is 0.489 e. The summed E-state index contributed by atoms with van der Waals surface area (Å²) in [6.07, 6.45) is 1.12. The van der Waals surface area contributed by atoms with Crippen LogP contribution in [0.4, 0.5) is 10.5 Å². The first kappa shape index (κ1) is 21.1. The summed E-state index contributed by atoms with van der Waals surface area (Å²) in [6.45, 7) is 2.70. The fourth-order valence-corrected chi connectivity index (χ4v) is 3.78. The molecule has 0 spiro atoms. The summed E-state index contributed by atoms with van der Waals surface area (Å²) < 4.78 is 36.6. The first-order chi connectivity index (χ1) is 12.7. The first-order valence-electron chi connectivity index (χ1n) is 8.37. The van der Waals surface area contributed by atoms with Crippen LogP contribution in [0.3, 0.4) is 0 Å². The maximum Gasteiger partial charge on any atom is 0.323 e. The van der Waals surface area contributed by atoms with E-state index in [0.717, 1.165) is 0 Å². The number of benzene rings is 1. The molecule has 1 aliphatic rings. The molecule has 150 valence electrons. The van der Waals surface area contributed by atoms with Gasteiger partial charge in [0.2, 0.25) is 10.0 Å². The second-order valence-corrected chi connectivity index (χ2v) is 8.08. The molecule has 1 aromatic rings. The predicted molar refractivity (Wildman–Crippen MR) is 100 cm³/mol. The van der Waals surface area contributed by atoms with Crippen LogP contribution in [0, 0.1) is 0 Å². The van der Waals surface area contributed by atoms with Gasteiger partial charge in [0.1, 0.15) is 11.9 Å². The van der Waals surface area contributed by atoms with E-state index in [1.165, 1.54) is 12.1 Å². The van der Waals surface area contributed by atoms with E-state index in [1.54, 1.807) is 17.9 Å². The highest BCUT2D eigenvalue weighted by Crippen LogP contribution is 2.30. The number of urea groups is 1. The Balaban J connectivity index is 1.95. The predicted octanol–water partition coefficient (Wildman–Crippen LogP) is 1.57. The fraction of sp³-hybridized carbons (Fsp3) is 0.500. The number of hydrogen-bond acceptors (Lipinski definition) is 6. The number of amides is 2. The Labute approximate surface area is 162 Å². The van der Waals surface area contributed by atoms with Crippen molar-refractivity contribution < 1.29 is 27.5 Å². The molecule has 1 aromatic carbocycles. The van der Waals surface area contributed by atoms with Crippen molar-refractivity contribution in [2.24, 2.45) is 5.73 Å². The van der Waals surface area contributed by atoms with E-state index in [0.29, 0.717) is 31.7 Å². The lowest BCUT2D eigenvalue weighted by molar-refractivity contribution is -0.139. The standard InChI is InChI=1S/C16H22ClN3O6S/c1-2-25-15(21)10-27(23,24)19-11-3-4-14(13(17)9-11)26-12-5-7-20(8-6-12)16(18)22/h3-4,9,12,19H,2,5-8,10H2,1H3,(H2,18,22). The number of nitrogens with zero attached hydrogens (tertiary/aromatic N) is 1. The highest BCUT2D eigenvalue weighted by molar-refractivity contribution is 7.93. The van der Waals surface area contributed by atoms with Crippen LogP contribution >= 0.6 is 11.6 Å². The van der Waals surface area contributed by atoms with Crippen LogP contribution in [-0.4, -0.2) is 56.9 Å². The Hall–Kier alpha value is -2.20. The molecule has 0 aliphatic carbocycles. The third-order valence-corrected chi connectivity index (χ3v) is 5.32. The minimum absolute atomic E-state index is 0.102. The van der Waals surface area contributed by atoms with E-state index in [2.05, 4.69) is 9.46 Å². The van der Waals surface area contributed by atoms with Gasteiger partial charge in [-0.25, -0.2) is 13.2 Å². The van der Waals surface area contributed by atoms with Gasteiger partial charge < -0.3 is 20.1 Å². The van der Waals surface area contributed by atoms with Gasteiger partial charge in [-0.05, 0) is 25.1 Å². The third kappa shape index (κ3) is 6.47. The Morgan fingerprint density at radius 2 is 2.00 bits per heavy atom. The molecule has 0 bridgehead atoms. The van der Waals surface area contributed by atoms with Crippen molar-refractivity contribution in [2.45, 2.75) is 25.9 Å². The van der Waals surface area contributed by atoms with E-state index in [1.807, 2.05) is 0 Å². The molecule has 0 saturated carbocycles. The highest BCUT2D eigenvalue weighted by atomic mass is 35.5. The van der Waals surface area contributed by atoms with E-state index in [-0.39, 0.29) is 23.4 Å². The van der Waals surface area contributed by atoms with Crippen LogP contribution < -0.4 is 15.2 Å². The topological polar surface area (TPSA) is 128 Å². The lowest BCUT2D eigenvalue weighted by Crippen LogP contribution is -2.44. The zero-order valence-electron chi connectivity index (χ0n) is 14.8. The van der Waals surface area contributed by atoms with Crippen LogP contribution in [0.2, 0.25) is 5.02 Å². The molecule has 2 amide bonds. The number of nitrogens with two attached hydrogens (primary N) is 1. The molecule has 3 N–H and O–H groups in total. The second kappa shape index (κ2) is 9.14. The van der Waals surface area contributed by atoms with Crippen molar-refractivity contribution in [3.63, 3.8) is 0 Å². The summed E-state index contributed by atoms with van der Waals surface area (Å²) in [7, 11) is -3.90. The summed E-state index contributed by atoms with van der Waals surface area (Å²) in [6, 6.07) is 3.98. The van der Waals surface area contributed by atoms with Gasteiger partial charge in [-0.2, -0.15) is 0 Å². The molecule has 1 heterocycles. The van der Waals surface area contributed by atoms with E-state index in [4.69, 9.17) is 22.1 Å². The molecular weight excluding hydrogens is 398 g/mol. The van der Waals surface area contributed by atoms with Crippen molar-refractivity contribution in [1.29, 1.82) is 0 Å². The quantitative estimate of drug-likeness (QED) is 0.645. The zero-order valence-corrected chi connectivity index (χ0v) is 16.4. The summed E-state index contributed by atoms with van der Waals surface area (Å²) in [4.78, 5) is 24.0. The van der Waals surface area contributed by atoms with Gasteiger partial charge in [0.15, 0.2) is 5.75 Å². The van der Waals surface area contributed by atoms with Crippen LogP contribution in [0.5, 0.6) is 5.75 Å². The van der Waals surface area contributed by atoms with Crippen molar-refractivity contribution >= 4 is 39.3 Å². The molecule has 11 heteroatoms. The van der Waals surface area contributed by atoms with Crippen LogP contribution in [0.15, 0.2) is 18.2 Å². The SMILES string of the molecule is CCOC(=O)CS(=O)(=O)Nc1ccc(OC2CCN(C(N)=O)CC2)c(Cl)c1. The van der Waals surface area contributed by atoms with Gasteiger partial charge in [-0.15, -0.1) is 0 Å². The molecule has 0 atom stereocenters. The number of anilines is 1. The Morgan fingerprint density at radius 1 is 1.33 bits per heavy atom. The van der Waals surface area contributed by atoms with Crippen molar-refractivity contribution in [3.8, 4) is 5.75 Å². The molecular formula is C16H22ClN3O6S. The number of piperidine rings is 1. The van der Waals surface area contributed by atoms with Gasteiger partial charge >= 0.3 is 12.0 Å². The van der Waals surface area contributed by atoms with Crippen molar-refractivity contribution in [1.82, 2.24) is 4.90 Å². The number of carbonyl (C=O) groups is 2. The minimum atomic E-state index is -3.90. The fourth-order valence-electron chi connectivity index (χ4n) is 2.61. The summed E-state index contributed by atoms with van der Waals surface area (Å²) in [5.74, 6) is -1.21. The molecule has 0 unspecified atom stereocenters.